The van der Waals surface area contributed by atoms with Crippen molar-refractivity contribution in [2.45, 2.75) is 18.4 Å². The molecule has 1 fully saturated rings. The van der Waals surface area contributed by atoms with Crippen LogP contribution in [-0.4, -0.2) is 28.9 Å². The van der Waals surface area contributed by atoms with Crippen molar-refractivity contribution in [1.82, 2.24) is 0 Å². The summed E-state index contributed by atoms with van der Waals surface area (Å²) in [4.78, 5) is 10.0. The maximum absolute atomic E-state index is 12.2. The van der Waals surface area contributed by atoms with E-state index in [1.165, 1.54) is 0 Å². The van der Waals surface area contributed by atoms with E-state index in [2.05, 4.69) is 0 Å². The normalized spacial score (nSPS) is 21.7. The Morgan fingerprint density at radius 1 is 1.37 bits per heavy atom. The summed E-state index contributed by atoms with van der Waals surface area (Å²) >= 11 is 5.80. The first-order valence-electron chi connectivity index (χ1n) is 6.34. The molecule has 1 aromatic rings. The fourth-order valence-corrected chi connectivity index (χ4v) is 4.77. The number of benzene rings is 1. The zero-order valence-corrected chi connectivity index (χ0v) is 12.3. The molecule has 0 aliphatic heterocycles. The van der Waals surface area contributed by atoms with Crippen LogP contribution in [0.15, 0.2) is 24.3 Å². The quantitative estimate of drug-likeness (QED) is 0.703. The summed E-state index contributed by atoms with van der Waals surface area (Å²) in [6.45, 7) is -0.0934. The van der Waals surface area contributed by atoms with Gasteiger partial charge in [0.1, 0.15) is 5.60 Å². The second kappa shape index (κ2) is 5.55. The van der Waals surface area contributed by atoms with Crippen LogP contribution in [0, 0.1) is 5.92 Å². The topological polar surface area (TPSA) is 83.5 Å². The molecule has 0 aromatic heterocycles. The minimum Gasteiger partial charge on any atom is -0.383 e. The fourth-order valence-electron chi connectivity index (χ4n) is 2.21. The van der Waals surface area contributed by atoms with Crippen LogP contribution >= 0.6 is 19.0 Å². The number of aliphatic hydroxyl groups is 1. The minimum atomic E-state index is -3.36. The molecule has 19 heavy (non-hydrogen) atoms. The zero-order chi connectivity index (χ0) is 14.1. The van der Waals surface area contributed by atoms with E-state index in [1.54, 1.807) is 24.3 Å². The summed E-state index contributed by atoms with van der Waals surface area (Å²) in [5.41, 5.74) is 4.68. The molecule has 0 saturated heterocycles. The van der Waals surface area contributed by atoms with Crippen LogP contribution < -0.4 is 5.73 Å². The first-order valence-corrected chi connectivity index (χ1v) is 8.75. The van der Waals surface area contributed by atoms with Crippen LogP contribution in [-0.2, 0) is 10.2 Å². The maximum Gasteiger partial charge on any atom is 0.204 e. The van der Waals surface area contributed by atoms with Crippen molar-refractivity contribution in [3.8, 4) is 0 Å². The van der Waals surface area contributed by atoms with Crippen LogP contribution in [0.25, 0.3) is 0 Å². The number of rotatable bonds is 6. The molecule has 4 N–H and O–H groups in total. The third-order valence-electron chi connectivity index (χ3n) is 3.47. The van der Waals surface area contributed by atoms with Gasteiger partial charge in [-0.1, -0.05) is 23.7 Å². The molecule has 2 rings (SSSR count). The average Bonchev–Trinajstić information content (AvgIpc) is 3.12. The molecule has 1 aromatic carbocycles. The van der Waals surface area contributed by atoms with Gasteiger partial charge in [-0.25, -0.2) is 0 Å². The molecule has 1 saturated carbocycles. The first kappa shape index (κ1) is 15.0. The summed E-state index contributed by atoms with van der Waals surface area (Å²) in [5, 5.41) is 11.1. The van der Waals surface area contributed by atoms with Gasteiger partial charge in [-0.3, -0.25) is 4.57 Å². The standard InChI is InChI=1S/C13H19ClNO3P/c14-12-5-3-11(4-6-12)13(16,8-15)9-19(17,18)7-10-1-2-10/h3-6,10,16H,1-2,7-9,15H2,(H,17,18). The van der Waals surface area contributed by atoms with Gasteiger partial charge in [-0.15, -0.1) is 0 Å². The van der Waals surface area contributed by atoms with E-state index in [0.717, 1.165) is 12.8 Å². The number of nitrogens with two attached hydrogens (primary N) is 1. The number of halogens is 1. The lowest BCUT2D eigenvalue weighted by atomic mass is 9.96. The Hall–Kier alpha value is -0.380. The summed E-state index contributed by atoms with van der Waals surface area (Å²) in [5.74, 6) is 0.336. The van der Waals surface area contributed by atoms with Crippen molar-refractivity contribution in [3.63, 3.8) is 0 Å². The minimum absolute atomic E-state index is 0.0934. The van der Waals surface area contributed by atoms with E-state index in [-0.39, 0.29) is 18.9 Å². The molecule has 4 nitrogen and oxygen atoms in total. The highest BCUT2D eigenvalue weighted by atomic mass is 35.5. The zero-order valence-electron chi connectivity index (χ0n) is 10.6. The van der Waals surface area contributed by atoms with Gasteiger partial charge in [0, 0.05) is 17.7 Å². The highest BCUT2D eigenvalue weighted by Gasteiger charge is 2.39. The summed E-state index contributed by atoms with van der Waals surface area (Å²) in [7, 11) is -3.36. The molecule has 2 unspecified atom stereocenters. The fraction of sp³-hybridized carbons (Fsp3) is 0.538. The van der Waals surface area contributed by atoms with Crippen LogP contribution in [0.3, 0.4) is 0 Å². The SMILES string of the molecule is NCC(O)(CP(=O)(O)CC1CC1)c1ccc(Cl)cc1. The summed E-state index contributed by atoms with van der Waals surface area (Å²) < 4.78 is 12.2. The van der Waals surface area contributed by atoms with E-state index in [1.807, 2.05) is 0 Å². The maximum atomic E-state index is 12.2. The Labute approximate surface area is 118 Å². The monoisotopic (exact) mass is 303 g/mol. The van der Waals surface area contributed by atoms with Crippen molar-refractivity contribution in [2.75, 3.05) is 18.9 Å². The molecule has 0 amide bonds. The van der Waals surface area contributed by atoms with E-state index in [0.29, 0.717) is 16.5 Å². The van der Waals surface area contributed by atoms with Crippen LogP contribution in [0.5, 0.6) is 0 Å². The first-order chi connectivity index (χ1) is 8.85. The Balaban J connectivity index is 2.16. The molecule has 1 aliphatic rings. The second-order valence-corrected chi connectivity index (χ2v) is 8.18. The number of hydrogen-bond donors (Lipinski definition) is 3. The smallest absolute Gasteiger partial charge is 0.204 e. The molecule has 0 bridgehead atoms. The predicted octanol–water partition coefficient (Wildman–Crippen LogP) is 2.17. The summed E-state index contributed by atoms with van der Waals surface area (Å²) in [6, 6.07) is 6.57. The van der Waals surface area contributed by atoms with Crippen molar-refractivity contribution < 1.29 is 14.6 Å². The van der Waals surface area contributed by atoms with Crippen LogP contribution in [0.1, 0.15) is 18.4 Å². The average molecular weight is 304 g/mol. The number of hydrogen-bond acceptors (Lipinski definition) is 3. The molecule has 0 heterocycles. The molecule has 1 aliphatic carbocycles. The molecule has 0 radical (unpaired) electrons. The Morgan fingerprint density at radius 2 is 1.95 bits per heavy atom. The van der Waals surface area contributed by atoms with Gasteiger partial charge < -0.3 is 15.7 Å². The van der Waals surface area contributed by atoms with Gasteiger partial charge in [-0.05, 0) is 36.5 Å². The Morgan fingerprint density at radius 3 is 2.42 bits per heavy atom. The van der Waals surface area contributed by atoms with Gasteiger partial charge in [0.2, 0.25) is 7.37 Å². The lowest BCUT2D eigenvalue weighted by molar-refractivity contribution is 0.0677. The second-order valence-electron chi connectivity index (χ2n) is 5.37. The largest absolute Gasteiger partial charge is 0.383 e. The highest BCUT2D eigenvalue weighted by Crippen LogP contribution is 2.51. The lowest BCUT2D eigenvalue weighted by Gasteiger charge is -2.29. The summed E-state index contributed by atoms with van der Waals surface area (Å²) in [6.07, 6.45) is 2.09. The van der Waals surface area contributed by atoms with Gasteiger partial charge in [0.05, 0.1) is 6.16 Å². The molecular formula is C13H19ClNO3P. The molecule has 2 atom stereocenters. The van der Waals surface area contributed by atoms with Crippen molar-refractivity contribution >= 4 is 19.0 Å². The molecule has 0 spiro atoms. The van der Waals surface area contributed by atoms with Crippen molar-refractivity contribution in [2.24, 2.45) is 11.7 Å². The van der Waals surface area contributed by atoms with E-state index < -0.39 is 13.0 Å². The Kier molecular flexibility index (Phi) is 4.38. The van der Waals surface area contributed by atoms with Gasteiger partial charge >= 0.3 is 0 Å². The van der Waals surface area contributed by atoms with E-state index in [4.69, 9.17) is 17.3 Å². The van der Waals surface area contributed by atoms with Crippen molar-refractivity contribution in [1.29, 1.82) is 0 Å². The van der Waals surface area contributed by atoms with E-state index in [9.17, 15) is 14.6 Å². The predicted molar refractivity (Wildman–Crippen MR) is 76.7 cm³/mol. The Bertz CT molecular complexity index is 489. The molecular weight excluding hydrogens is 285 g/mol. The molecule has 6 heteroatoms. The van der Waals surface area contributed by atoms with Gasteiger partial charge in [-0.2, -0.15) is 0 Å². The van der Waals surface area contributed by atoms with Crippen molar-refractivity contribution in [3.05, 3.63) is 34.9 Å². The highest BCUT2D eigenvalue weighted by molar-refractivity contribution is 7.58. The third kappa shape index (κ3) is 4.04. The molecule has 106 valence electrons. The lowest BCUT2D eigenvalue weighted by Crippen LogP contribution is -2.38. The van der Waals surface area contributed by atoms with Gasteiger partial charge in [0.25, 0.3) is 0 Å². The van der Waals surface area contributed by atoms with Gasteiger partial charge in [0.15, 0.2) is 0 Å². The van der Waals surface area contributed by atoms with Crippen LogP contribution in [0.2, 0.25) is 5.02 Å². The third-order valence-corrected chi connectivity index (χ3v) is 5.82. The van der Waals surface area contributed by atoms with E-state index >= 15 is 0 Å². The van der Waals surface area contributed by atoms with Crippen LogP contribution in [0.4, 0.5) is 0 Å².